The van der Waals surface area contributed by atoms with Crippen LogP contribution in [0, 0.1) is 11.8 Å². The lowest BCUT2D eigenvalue weighted by Crippen LogP contribution is -2.30. The van der Waals surface area contributed by atoms with E-state index in [-0.39, 0.29) is 0 Å². The lowest BCUT2D eigenvalue weighted by atomic mass is 10.1. The third-order valence-corrected chi connectivity index (χ3v) is 3.03. The minimum Gasteiger partial charge on any atom is -0.370 e. The maximum absolute atomic E-state index is 4.38. The van der Waals surface area contributed by atoms with Crippen LogP contribution in [0.25, 0.3) is 0 Å². The molecule has 0 aromatic carbocycles. The normalized spacial score (nSPS) is 11.6. The van der Waals surface area contributed by atoms with Gasteiger partial charge in [-0.15, -0.1) is 0 Å². The summed E-state index contributed by atoms with van der Waals surface area (Å²) in [6, 6.07) is 4.31. The van der Waals surface area contributed by atoms with Crippen LogP contribution in [0.2, 0.25) is 0 Å². The summed E-state index contributed by atoms with van der Waals surface area (Å²) >= 11 is 0. The molecule has 0 bridgehead atoms. The SMILES string of the molecule is CCCNc1cc(CN(CC(C)C)CC(C)C)ccn1. The van der Waals surface area contributed by atoms with E-state index >= 15 is 0 Å². The summed E-state index contributed by atoms with van der Waals surface area (Å²) in [7, 11) is 0. The predicted molar refractivity (Wildman–Crippen MR) is 88.0 cm³/mol. The van der Waals surface area contributed by atoms with Gasteiger partial charge < -0.3 is 5.32 Å². The van der Waals surface area contributed by atoms with E-state index in [4.69, 9.17) is 0 Å². The van der Waals surface area contributed by atoms with Crippen LogP contribution in [0.3, 0.4) is 0 Å². The van der Waals surface area contributed by atoms with Crippen molar-refractivity contribution in [2.24, 2.45) is 11.8 Å². The van der Waals surface area contributed by atoms with Gasteiger partial charge >= 0.3 is 0 Å². The maximum Gasteiger partial charge on any atom is 0.126 e. The molecule has 0 fully saturated rings. The first kappa shape index (κ1) is 17.0. The molecule has 0 amide bonds. The Bertz CT molecular complexity index is 364. The number of nitrogens with one attached hydrogen (secondary N) is 1. The van der Waals surface area contributed by atoms with Crippen LogP contribution >= 0.6 is 0 Å². The zero-order valence-electron chi connectivity index (χ0n) is 13.8. The first-order chi connectivity index (χ1) is 9.51. The van der Waals surface area contributed by atoms with E-state index in [1.807, 2.05) is 6.20 Å². The second-order valence-corrected chi connectivity index (χ2v) is 6.46. The smallest absolute Gasteiger partial charge is 0.126 e. The summed E-state index contributed by atoms with van der Waals surface area (Å²) in [5.74, 6) is 2.40. The summed E-state index contributed by atoms with van der Waals surface area (Å²) in [5.41, 5.74) is 1.35. The van der Waals surface area contributed by atoms with E-state index in [2.05, 4.69) is 62.0 Å². The molecule has 0 radical (unpaired) electrons. The summed E-state index contributed by atoms with van der Waals surface area (Å²) in [6.45, 7) is 15.6. The van der Waals surface area contributed by atoms with E-state index in [9.17, 15) is 0 Å². The van der Waals surface area contributed by atoms with Crippen LogP contribution in [-0.2, 0) is 6.54 Å². The number of pyridine rings is 1. The van der Waals surface area contributed by atoms with E-state index in [0.717, 1.165) is 38.4 Å². The van der Waals surface area contributed by atoms with Crippen LogP contribution in [0.1, 0.15) is 46.6 Å². The van der Waals surface area contributed by atoms with Crippen LogP contribution < -0.4 is 5.32 Å². The monoisotopic (exact) mass is 277 g/mol. The molecule has 1 rings (SSSR count). The van der Waals surface area contributed by atoms with Gasteiger partial charge in [-0.05, 0) is 36.0 Å². The molecule has 0 unspecified atom stereocenters. The second-order valence-electron chi connectivity index (χ2n) is 6.46. The van der Waals surface area contributed by atoms with Gasteiger partial charge in [-0.1, -0.05) is 34.6 Å². The highest BCUT2D eigenvalue weighted by atomic mass is 15.1. The molecular formula is C17H31N3. The Kier molecular flexibility index (Phi) is 7.60. The van der Waals surface area contributed by atoms with Crippen molar-refractivity contribution < 1.29 is 0 Å². The molecule has 1 aromatic rings. The number of hydrogen-bond acceptors (Lipinski definition) is 3. The van der Waals surface area contributed by atoms with Crippen LogP contribution in [0.15, 0.2) is 18.3 Å². The molecule has 0 aliphatic rings. The van der Waals surface area contributed by atoms with Crippen molar-refractivity contribution in [2.75, 3.05) is 25.0 Å². The first-order valence-electron chi connectivity index (χ1n) is 7.92. The van der Waals surface area contributed by atoms with Gasteiger partial charge in [0.25, 0.3) is 0 Å². The number of rotatable bonds is 9. The predicted octanol–water partition coefficient (Wildman–Crippen LogP) is 4.02. The van der Waals surface area contributed by atoms with Gasteiger partial charge in [0.05, 0.1) is 0 Å². The fraction of sp³-hybridized carbons (Fsp3) is 0.706. The molecule has 0 aliphatic heterocycles. The van der Waals surface area contributed by atoms with Crippen molar-refractivity contribution in [2.45, 2.75) is 47.6 Å². The maximum atomic E-state index is 4.38. The third kappa shape index (κ3) is 6.90. The summed E-state index contributed by atoms with van der Waals surface area (Å²) < 4.78 is 0. The molecule has 114 valence electrons. The summed E-state index contributed by atoms with van der Waals surface area (Å²) in [6.07, 6.45) is 3.04. The number of aromatic nitrogens is 1. The largest absolute Gasteiger partial charge is 0.370 e. The van der Waals surface area contributed by atoms with Gasteiger partial charge in [-0.3, -0.25) is 4.90 Å². The first-order valence-corrected chi connectivity index (χ1v) is 7.92. The molecule has 0 aliphatic carbocycles. The molecule has 0 saturated carbocycles. The number of anilines is 1. The van der Waals surface area contributed by atoms with Crippen LogP contribution in [0.5, 0.6) is 0 Å². The molecule has 3 nitrogen and oxygen atoms in total. The molecule has 1 heterocycles. The van der Waals surface area contributed by atoms with Crippen molar-refractivity contribution >= 4 is 5.82 Å². The van der Waals surface area contributed by atoms with Crippen LogP contribution in [0.4, 0.5) is 5.82 Å². The molecule has 1 aromatic heterocycles. The van der Waals surface area contributed by atoms with Crippen molar-refractivity contribution in [3.63, 3.8) is 0 Å². The quantitative estimate of drug-likeness (QED) is 0.739. The number of nitrogens with zero attached hydrogens (tertiary/aromatic N) is 2. The third-order valence-electron chi connectivity index (χ3n) is 3.03. The van der Waals surface area contributed by atoms with Crippen molar-refractivity contribution in [3.05, 3.63) is 23.9 Å². The Labute approximate surface area is 124 Å². The van der Waals surface area contributed by atoms with Crippen molar-refractivity contribution in [3.8, 4) is 0 Å². The lowest BCUT2D eigenvalue weighted by Gasteiger charge is -2.26. The summed E-state index contributed by atoms with van der Waals surface area (Å²) in [5, 5.41) is 3.36. The minimum absolute atomic E-state index is 0.702. The zero-order chi connectivity index (χ0) is 15.0. The highest BCUT2D eigenvalue weighted by Crippen LogP contribution is 2.12. The zero-order valence-corrected chi connectivity index (χ0v) is 13.8. The molecule has 0 saturated heterocycles. The molecular weight excluding hydrogens is 246 g/mol. The molecule has 20 heavy (non-hydrogen) atoms. The highest BCUT2D eigenvalue weighted by molar-refractivity contribution is 5.37. The van der Waals surface area contributed by atoms with E-state index < -0.39 is 0 Å². The Hall–Kier alpha value is -1.09. The van der Waals surface area contributed by atoms with Crippen molar-refractivity contribution in [1.29, 1.82) is 0 Å². The van der Waals surface area contributed by atoms with Gasteiger partial charge in [0.2, 0.25) is 0 Å². The van der Waals surface area contributed by atoms with Gasteiger partial charge in [0, 0.05) is 32.4 Å². The van der Waals surface area contributed by atoms with E-state index in [1.54, 1.807) is 0 Å². The minimum atomic E-state index is 0.702. The molecule has 3 heteroatoms. The van der Waals surface area contributed by atoms with Gasteiger partial charge in [-0.25, -0.2) is 4.98 Å². The molecule has 1 N–H and O–H groups in total. The highest BCUT2D eigenvalue weighted by Gasteiger charge is 2.10. The average molecular weight is 277 g/mol. The summed E-state index contributed by atoms with van der Waals surface area (Å²) in [4.78, 5) is 6.93. The fourth-order valence-corrected chi connectivity index (χ4v) is 2.42. The number of hydrogen-bond donors (Lipinski definition) is 1. The molecule has 0 atom stereocenters. The molecule has 0 spiro atoms. The Morgan fingerprint density at radius 2 is 1.80 bits per heavy atom. The standard InChI is InChI=1S/C17H31N3/c1-6-8-18-17-10-16(7-9-19-17)13-20(11-14(2)3)12-15(4)5/h7,9-10,14-15H,6,8,11-13H2,1-5H3,(H,18,19). The van der Waals surface area contributed by atoms with E-state index in [0.29, 0.717) is 11.8 Å². The fourth-order valence-electron chi connectivity index (χ4n) is 2.42. The van der Waals surface area contributed by atoms with Gasteiger partial charge in [0.15, 0.2) is 0 Å². The second kappa shape index (κ2) is 8.96. The van der Waals surface area contributed by atoms with Crippen LogP contribution in [-0.4, -0.2) is 29.5 Å². The Balaban J connectivity index is 2.66. The van der Waals surface area contributed by atoms with Gasteiger partial charge in [-0.2, -0.15) is 0 Å². The topological polar surface area (TPSA) is 28.2 Å². The van der Waals surface area contributed by atoms with Gasteiger partial charge in [0.1, 0.15) is 5.82 Å². The van der Waals surface area contributed by atoms with E-state index in [1.165, 1.54) is 5.56 Å². The lowest BCUT2D eigenvalue weighted by molar-refractivity contribution is 0.211. The Morgan fingerprint density at radius 1 is 1.15 bits per heavy atom. The average Bonchev–Trinajstić information content (AvgIpc) is 2.35. The Morgan fingerprint density at radius 3 is 2.35 bits per heavy atom. The van der Waals surface area contributed by atoms with Crippen molar-refractivity contribution in [1.82, 2.24) is 9.88 Å².